The summed E-state index contributed by atoms with van der Waals surface area (Å²) >= 11 is 0. The molecular formula is C19H14O2. The molecule has 0 saturated carbocycles. The number of Topliss-reactive ketones (excluding diaryl/α,β-unsaturated/α-hetero) is 2. The third-order valence-corrected chi connectivity index (χ3v) is 4.36. The molecule has 0 heterocycles. The van der Waals surface area contributed by atoms with Gasteiger partial charge in [0, 0.05) is 12.0 Å². The topological polar surface area (TPSA) is 34.1 Å². The van der Waals surface area contributed by atoms with Crippen molar-refractivity contribution >= 4 is 33.1 Å². The Morgan fingerprint density at radius 2 is 1.52 bits per heavy atom. The van der Waals surface area contributed by atoms with E-state index in [4.69, 9.17) is 0 Å². The van der Waals surface area contributed by atoms with Crippen LogP contribution in [0.15, 0.2) is 42.5 Å². The summed E-state index contributed by atoms with van der Waals surface area (Å²) in [5.41, 5.74) is 2.79. The van der Waals surface area contributed by atoms with Crippen LogP contribution in [0, 0.1) is 6.92 Å². The minimum atomic E-state index is -0.0402. The first-order chi connectivity index (χ1) is 10.1. The maximum atomic E-state index is 12.3. The van der Waals surface area contributed by atoms with E-state index in [0.717, 1.165) is 27.5 Å². The fraction of sp³-hybridized carbons (Fsp3) is 0.158. The SMILES string of the molecule is Cc1cc2c3c(ccc2c2ccccc12)CC(=O)CC3=O. The van der Waals surface area contributed by atoms with Crippen LogP contribution in [-0.2, 0) is 11.2 Å². The Morgan fingerprint density at radius 1 is 0.810 bits per heavy atom. The first-order valence-corrected chi connectivity index (χ1v) is 7.14. The summed E-state index contributed by atoms with van der Waals surface area (Å²) in [5.74, 6) is -0.0223. The molecule has 0 unspecified atom stereocenters. The van der Waals surface area contributed by atoms with Crippen molar-refractivity contribution in [3.63, 3.8) is 0 Å². The molecule has 0 aliphatic heterocycles. The molecule has 0 fully saturated rings. The van der Waals surface area contributed by atoms with Crippen LogP contribution in [0.25, 0.3) is 21.5 Å². The van der Waals surface area contributed by atoms with Gasteiger partial charge in [0.1, 0.15) is 5.78 Å². The molecule has 0 spiro atoms. The highest BCUT2D eigenvalue weighted by Crippen LogP contribution is 2.34. The molecule has 0 radical (unpaired) electrons. The van der Waals surface area contributed by atoms with E-state index in [-0.39, 0.29) is 18.0 Å². The monoisotopic (exact) mass is 274 g/mol. The summed E-state index contributed by atoms with van der Waals surface area (Å²) in [6.07, 6.45) is 0.418. The summed E-state index contributed by atoms with van der Waals surface area (Å²) in [6.45, 7) is 2.07. The number of aryl methyl sites for hydroxylation is 1. The molecule has 21 heavy (non-hydrogen) atoms. The molecule has 1 aliphatic carbocycles. The average Bonchev–Trinajstić information content (AvgIpc) is 2.46. The largest absolute Gasteiger partial charge is 0.299 e. The van der Waals surface area contributed by atoms with Gasteiger partial charge in [0.15, 0.2) is 5.78 Å². The highest BCUT2D eigenvalue weighted by Gasteiger charge is 2.25. The van der Waals surface area contributed by atoms with Gasteiger partial charge in [-0.2, -0.15) is 0 Å². The van der Waals surface area contributed by atoms with Crippen molar-refractivity contribution in [3.8, 4) is 0 Å². The Bertz CT molecular complexity index is 935. The standard InChI is InChI=1S/C19H14O2/c1-11-8-17-16(15-5-3-2-4-14(11)15)7-6-12-9-13(20)10-18(21)19(12)17/h2-8H,9-10H2,1H3. The van der Waals surface area contributed by atoms with Crippen molar-refractivity contribution in [2.24, 2.45) is 0 Å². The lowest BCUT2D eigenvalue weighted by atomic mass is 9.84. The van der Waals surface area contributed by atoms with Crippen LogP contribution >= 0.6 is 0 Å². The number of carbonyl (C=O) groups is 2. The second-order valence-corrected chi connectivity index (χ2v) is 5.75. The molecule has 1 aliphatic rings. The van der Waals surface area contributed by atoms with Gasteiger partial charge in [-0.15, -0.1) is 0 Å². The van der Waals surface area contributed by atoms with Gasteiger partial charge in [0.05, 0.1) is 6.42 Å². The number of benzene rings is 3. The second kappa shape index (κ2) is 4.26. The molecule has 0 saturated heterocycles. The summed E-state index contributed by atoms with van der Waals surface area (Å²) in [4.78, 5) is 24.0. The molecule has 0 aromatic heterocycles. The predicted molar refractivity (Wildman–Crippen MR) is 83.8 cm³/mol. The van der Waals surface area contributed by atoms with E-state index >= 15 is 0 Å². The van der Waals surface area contributed by atoms with E-state index in [2.05, 4.69) is 25.1 Å². The van der Waals surface area contributed by atoms with Gasteiger partial charge in [-0.3, -0.25) is 9.59 Å². The average molecular weight is 274 g/mol. The van der Waals surface area contributed by atoms with E-state index in [9.17, 15) is 9.59 Å². The number of ketones is 2. The summed E-state index contributed by atoms with van der Waals surface area (Å²) < 4.78 is 0. The zero-order chi connectivity index (χ0) is 14.6. The van der Waals surface area contributed by atoms with Crippen molar-refractivity contribution in [1.29, 1.82) is 0 Å². The van der Waals surface area contributed by atoms with Crippen molar-refractivity contribution < 1.29 is 9.59 Å². The predicted octanol–water partition coefficient (Wildman–Crippen LogP) is 4.00. The lowest BCUT2D eigenvalue weighted by Crippen LogP contribution is -2.20. The van der Waals surface area contributed by atoms with E-state index in [0.29, 0.717) is 6.42 Å². The van der Waals surface area contributed by atoms with E-state index in [1.165, 1.54) is 10.8 Å². The molecule has 0 N–H and O–H groups in total. The van der Waals surface area contributed by atoms with Gasteiger partial charge in [-0.05, 0) is 39.6 Å². The van der Waals surface area contributed by atoms with Crippen LogP contribution in [0.4, 0.5) is 0 Å². The Kier molecular flexibility index (Phi) is 2.49. The molecule has 0 amide bonds. The van der Waals surface area contributed by atoms with Gasteiger partial charge < -0.3 is 0 Å². The van der Waals surface area contributed by atoms with Gasteiger partial charge in [-0.1, -0.05) is 42.5 Å². The highest BCUT2D eigenvalue weighted by molar-refractivity contribution is 6.22. The zero-order valence-corrected chi connectivity index (χ0v) is 11.8. The second-order valence-electron chi connectivity index (χ2n) is 5.75. The van der Waals surface area contributed by atoms with E-state index in [1.807, 2.05) is 24.3 Å². The molecule has 2 heteroatoms. The number of hydrogen-bond donors (Lipinski definition) is 0. The Morgan fingerprint density at radius 3 is 2.33 bits per heavy atom. The normalized spacial score (nSPS) is 14.7. The molecule has 4 rings (SSSR count). The lowest BCUT2D eigenvalue weighted by Gasteiger charge is -2.18. The van der Waals surface area contributed by atoms with E-state index < -0.39 is 0 Å². The van der Waals surface area contributed by atoms with Crippen molar-refractivity contribution in [3.05, 3.63) is 59.2 Å². The molecular weight excluding hydrogens is 260 g/mol. The molecule has 3 aromatic rings. The van der Waals surface area contributed by atoms with Crippen molar-refractivity contribution in [2.45, 2.75) is 19.8 Å². The van der Waals surface area contributed by atoms with E-state index in [1.54, 1.807) is 0 Å². The smallest absolute Gasteiger partial charge is 0.171 e. The maximum Gasteiger partial charge on any atom is 0.171 e. The van der Waals surface area contributed by atoms with Crippen LogP contribution in [0.2, 0.25) is 0 Å². The number of fused-ring (bicyclic) bond motifs is 5. The third-order valence-electron chi connectivity index (χ3n) is 4.36. The minimum absolute atomic E-state index is 0.0179. The van der Waals surface area contributed by atoms with Crippen LogP contribution in [-0.4, -0.2) is 11.6 Å². The summed E-state index contributed by atoms with van der Waals surface area (Å²) in [5, 5.41) is 4.46. The maximum absolute atomic E-state index is 12.3. The van der Waals surface area contributed by atoms with Crippen LogP contribution in [0.5, 0.6) is 0 Å². The molecule has 102 valence electrons. The van der Waals surface area contributed by atoms with Gasteiger partial charge in [0.25, 0.3) is 0 Å². The Hall–Kier alpha value is -2.48. The third kappa shape index (κ3) is 1.72. The van der Waals surface area contributed by atoms with Crippen molar-refractivity contribution in [1.82, 2.24) is 0 Å². The van der Waals surface area contributed by atoms with Gasteiger partial charge >= 0.3 is 0 Å². The number of hydrogen-bond acceptors (Lipinski definition) is 2. The Balaban J connectivity index is 2.19. The first-order valence-electron chi connectivity index (χ1n) is 7.14. The quantitative estimate of drug-likeness (QED) is 0.458. The van der Waals surface area contributed by atoms with Crippen LogP contribution in [0.1, 0.15) is 27.9 Å². The number of carbonyl (C=O) groups excluding carboxylic acids is 2. The van der Waals surface area contributed by atoms with Crippen molar-refractivity contribution in [2.75, 3.05) is 0 Å². The molecule has 0 atom stereocenters. The minimum Gasteiger partial charge on any atom is -0.299 e. The summed E-state index contributed by atoms with van der Waals surface area (Å²) in [7, 11) is 0. The Labute approximate surface area is 122 Å². The van der Waals surface area contributed by atoms with Gasteiger partial charge in [0.2, 0.25) is 0 Å². The fourth-order valence-electron chi connectivity index (χ4n) is 3.42. The van der Waals surface area contributed by atoms with Crippen LogP contribution in [0.3, 0.4) is 0 Å². The summed E-state index contributed by atoms with van der Waals surface area (Å²) in [6, 6.07) is 14.3. The molecule has 3 aromatic carbocycles. The highest BCUT2D eigenvalue weighted by atomic mass is 16.1. The molecule has 0 bridgehead atoms. The lowest BCUT2D eigenvalue weighted by molar-refractivity contribution is -0.117. The van der Waals surface area contributed by atoms with Crippen LogP contribution < -0.4 is 0 Å². The first kappa shape index (κ1) is 12.3. The fourth-order valence-corrected chi connectivity index (χ4v) is 3.42. The molecule has 2 nitrogen and oxygen atoms in total. The zero-order valence-electron chi connectivity index (χ0n) is 11.8. The van der Waals surface area contributed by atoms with Gasteiger partial charge in [-0.25, -0.2) is 0 Å². The number of rotatable bonds is 0.